The van der Waals surface area contributed by atoms with Crippen LogP contribution < -0.4 is 10.1 Å². The molecule has 0 saturated carbocycles. The van der Waals surface area contributed by atoms with E-state index in [4.69, 9.17) is 4.74 Å². The highest BCUT2D eigenvalue weighted by molar-refractivity contribution is 5.49. The van der Waals surface area contributed by atoms with Crippen LogP contribution in [-0.2, 0) is 19.4 Å². The highest BCUT2D eigenvalue weighted by atomic mass is 16.5. The maximum atomic E-state index is 5.93. The Morgan fingerprint density at radius 3 is 3.00 bits per heavy atom. The fourth-order valence-corrected chi connectivity index (χ4v) is 2.66. The second kappa shape index (κ2) is 2.99. The van der Waals surface area contributed by atoms with Gasteiger partial charge >= 0.3 is 0 Å². The first-order valence-corrected chi connectivity index (χ1v) is 5.69. The van der Waals surface area contributed by atoms with Gasteiger partial charge in [0, 0.05) is 18.5 Å². The van der Waals surface area contributed by atoms with Crippen molar-refractivity contribution < 1.29 is 4.74 Å². The highest BCUT2D eigenvalue weighted by Gasteiger charge is 2.32. The predicted molar refractivity (Wildman–Crippen MR) is 60.3 cm³/mol. The van der Waals surface area contributed by atoms with E-state index in [1.165, 1.54) is 16.7 Å². The molecule has 0 spiro atoms. The van der Waals surface area contributed by atoms with E-state index in [1.54, 1.807) is 0 Å². The van der Waals surface area contributed by atoms with E-state index < -0.39 is 0 Å². The van der Waals surface area contributed by atoms with Crippen molar-refractivity contribution in [3.05, 3.63) is 28.8 Å². The molecule has 0 aliphatic carbocycles. The van der Waals surface area contributed by atoms with Crippen LogP contribution in [0.15, 0.2) is 12.1 Å². The smallest absolute Gasteiger partial charge is 0.123 e. The maximum Gasteiger partial charge on any atom is 0.123 e. The summed E-state index contributed by atoms with van der Waals surface area (Å²) in [4.78, 5) is 0. The predicted octanol–water partition coefficient (Wildman–Crippen LogP) is 2.05. The van der Waals surface area contributed by atoms with E-state index in [0.717, 1.165) is 31.7 Å². The van der Waals surface area contributed by atoms with E-state index in [9.17, 15) is 0 Å². The molecule has 1 aromatic carbocycles. The summed E-state index contributed by atoms with van der Waals surface area (Å²) >= 11 is 0. The lowest BCUT2D eigenvalue weighted by Crippen LogP contribution is -2.26. The van der Waals surface area contributed by atoms with E-state index in [0.29, 0.717) is 0 Å². The molecule has 0 fully saturated rings. The molecule has 0 unspecified atom stereocenters. The Morgan fingerprint density at radius 1 is 1.27 bits per heavy atom. The Kier molecular flexibility index (Phi) is 1.84. The summed E-state index contributed by atoms with van der Waals surface area (Å²) in [6, 6.07) is 4.38. The third-order valence-corrected chi connectivity index (χ3v) is 3.35. The quantitative estimate of drug-likeness (QED) is 0.696. The zero-order valence-electron chi connectivity index (χ0n) is 9.39. The molecule has 2 heteroatoms. The lowest BCUT2D eigenvalue weighted by Gasteiger charge is -2.19. The fraction of sp³-hybridized carbons (Fsp3) is 0.538. The van der Waals surface area contributed by atoms with Gasteiger partial charge in [0.2, 0.25) is 0 Å². The standard InChI is InChI=1S/C13H17NO/c1-13(2)7-10-11-8-14-6-5-9(11)3-4-12(10)15-13/h3-4,14H,5-8H2,1-2H3. The summed E-state index contributed by atoms with van der Waals surface area (Å²) in [5.41, 5.74) is 4.41. The molecule has 0 saturated heterocycles. The van der Waals surface area contributed by atoms with Crippen LogP contribution >= 0.6 is 0 Å². The molecule has 0 amide bonds. The van der Waals surface area contributed by atoms with Crippen molar-refractivity contribution in [3.63, 3.8) is 0 Å². The molecule has 0 atom stereocenters. The Bertz CT molecular complexity index is 409. The Morgan fingerprint density at radius 2 is 2.13 bits per heavy atom. The molecule has 80 valence electrons. The van der Waals surface area contributed by atoms with Gasteiger partial charge in [-0.25, -0.2) is 0 Å². The van der Waals surface area contributed by atoms with Crippen LogP contribution in [0.4, 0.5) is 0 Å². The molecule has 0 bridgehead atoms. The van der Waals surface area contributed by atoms with Crippen molar-refractivity contribution in [1.29, 1.82) is 0 Å². The van der Waals surface area contributed by atoms with Crippen molar-refractivity contribution in [2.24, 2.45) is 0 Å². The van der Waals surface area contributed by atoms with Crippen LogP contribution in [0.25, 0.3) is 0 Å². The third-order valence-electron chi connectivity index (χ3n) is 3.35. The van der Waals surface area contributed by atoms with Gasteiger partial charge in [-0.2, -0.15) is 0 Å². The molecule has 0 aromatic heterocycles. The minimum absolute atomic E-state index is 0.0189. The van der Waals surface area contributed by atoms with Gasteiger partial charge in [-0.15, -0.1) is 0 Å². The summed E-state index contributed by atoms with van der Waals surface area (Å²) in [6.45, 7) is 6.44. The van der Waals surface area contributed by atoms with E-state index in [-0.39, 0.29) is 5.60 Å². The zero-order chi connectivity index (χ0) is 10.5. The average Bonchev–Trinajstić information content (AvgIpc) is 2.52. The van der Waals surface area contributed by atoms with E-state index in [2.05, 4.69) is 31.3 Å². The first-order valence-electron chi connectivity index (χ1n) is 5.69. The Hall–Kier alpha value is -1.02. The van der Waals surface area contributed by atoms with E-state index >= 15 is 0 Å². The number of ether oxygens (including phenoxy) is 1. The molecule has 1 N–H and O–H groups in total. The van der Waals surface area contributed by atoms with Gasteiger partial charge in [-0.1, -0.05) is 6.07 Å². The maximum absolute atomic E-state index is 5.93. The normalized spacial score (nSPS) is 21.7. The summed E-state index contributed by atoms with van der Waals surface area (Å²) in [7, 11) is 0. The molecule has 1 aromatic rings. The average molecular weight is 203 g/mol. The van der Waals surface area contributed by atoms with Gasteiger partial charge in [0.15, 0.2) is 0 Å². The highest BCUT2D eigenvalue weighted by Crippen LogP contribution is 2.38. The molecule has 2 aliphatic rings. The summed E-state index contributed by atoms with van der Waals surface area (Å²) in [5, 5.41) is 3.44. The molecule has 2 nitrogen and oxygen atoms in total. The largest absolute Gasteiger partial charge is 0.487 e. The van der Waals surface area contributed by atoms with Crippen molar-refractivity contribution >= 4 is 0 Å². The van der Waals surface area contributed by atoms with Crippen molar-refractivity contribution in [3.8, 4) is 5.75 Å². The molecule has 3 rings (SSSR count). The molecular weight excluding hydrogens is 186 g/mol. The van der Waals surface area contributed by atoms with Gasteiger partial charge in [0.05, 0.1) is 0 Å². The van der Waals surface area contributed by atoms with Gasteiger partial charge in [-0.3, -0.25) is 0 Å². The van der Waals surface area contributed by atoms with Gasteiger partial charge in [0.1, 0.15) is 11.4 Å². The monoisotopic (exact) mass is 203 g/mol. The van der Waals surface area contributed by atoms with Crippen LogP contribution in [0.1, 0.15) is 30.5 Å². The molecule has 2 heterocycles. The number of nitrogens with one attached hydrogen (secondary N) is 1. The number of hydrogen-bond acceptors (Lipinski definition) is 2. The van der Waals surface area contributed by atoms with Gasteiger partial charge < -0.3 is 10.1 Å². The van der Waals surface area contributed by atoms with E-state index in [1.807, 2.05) is 0 Å². The van der Waals surface area contributed by atoms with Crippen molar-refractivity contribution in [2.45, 2.75) is 38.8 Å². The molecule has 0 radical (unpaired) electrons. The minimum Gasteiger partial charge on any atom is -0.487 e. The minimum atomic E-state index is -0.0189. The van der Waals surface area contributed by atoms with Crippen molar-refractivity contribution in [2.75, 3.05) is 6.54 Å². The summed E-state index contributed by atoms with van der Waals surface area (Å²) in [5.74, 6) is 1.10. The Balaban J connectivity index is 2.10. The Labute approximate surface area is 90.6 Å². The fourth-order valence-electron chi connectivity index (χ4n) is 2.66. The molecule has 2 aliphatic heterocycles. The van der Waals surface area contributed by atoms with Crippen LogP contribution in [0.2, 0.25) is 0 Å². The summed E-state index contributed by atoms with van der Waals surface area (Å²) in [6.07, 6.45) is 2.20. The number of rotatable bonds is 0. The second-order valence-electron chi connectivity index (χ2n) is 5.15. The first-order chi connectivity index (χ1) is 7.16. The second-order valence-corrected chi connectivity index (χ2v) is 5.15. The SMILES string of the molecule is CC1(C)Cc2c(ccc3c2CNCC3)O1. The number of benzene rings is 1. The number of hydrogen-bond donors (Lipinski definition) is 1. The van der Waals surface area contributed by atoms with Crippen LogP contribution in [0.5, 0.6) is 5.75 Å². The lowest BCUT2D eigenvalue weighted by atomic mass is 9.91. The first kappa shape index (κ1) is 9.22. The van der Waals surface area contributed by atoms with Crippen LogP contribution in [0.3, 0.4) is 0 Å². The van der Waals surface area contributed by atoms with Crippen LogP contribution in [-0.4, -0.2) is 12.1 Å². The molecule has 15 heavy (non-hydrogen) atoms. The third kappa shape index (κ3) is 1.44. The van der Waals surface area contributed by atoms with Gasteiger partial charge in [-0.05, 0) is 44.0 Å². The summed E-state index contributed by atoms with van der Waals surface area (Å²) < 4.78 is 5.93. The number of fused-ring (bicyclic) bond motifs is 3. The van der Waals surface area contributed by atoms with Crippen molar-refractivity contribution in [1.82, 2.24) is 5.32 Å². The zero-order valence-corrected chi connectivity index (χ0v) is 9.39. The lowest BCUT2D eigenvalue weighted by molar-refractivity contribution is 0.138. The van der Waals surface area contributed by atoms with Gasteiger partial charge in [0.25, 0.3) is 0 Å². The topological polar surface area (TPSA) is 21.3 Å². The van der Waals surface area contributed by atoms with Crippen LogP contribution in [0, 0.1) is 0 Å². The molecular formula is C13H17NO.